The second-order valence-corrected chi connectivity index (χ2v) is 5.73. The Labute approximate surface area is 122 Å². The number of carbonyl (C=O) groups excluding carboxylic acids is 2. The average Bonchev–Trinajstić information content (AvgIpc) is 2.63. The van der Waals surface area contributed by atoms with E-state index >= 15 is 0 Å². The number of carbonyl (C=O) groups is 2. The van der Waals surface area contributed by atoms with E-state index in [1.165, 1.54) is 11.8 Å². The number of halogens is 1. The minimum absolute atomic E-state index is 0.196. The smallest absolute Gasteiger partial charge is 0.316 e. The summed E-state index contributed by atoms with van der Waals surface area (Å²) in [7, 11) is 0. The highest BCUT2D eigenvalue weighted by Gasteiger charge is 2.29. The number of aliphatic hydroxyl groups excluding tert-OH is 1. The summed E-state index contributed by atoms with van der Waals surface area (Å²) in [5.74, 6) is -0.528. The van der Waals surface area contributed by atoms with Crippen LogP contribution in [0.4, 0.5) is 5.69 Å². The van der Waals surface area contributed by atoms with Gasteiger partial charge in [0.1, 0.15) is 0 Å². The summed E-state index contributed by atoms with van der Waals surface area (Å²) in [6.07, 6.45) is -1.13. The first kappa shape index (κ1) is 14.4. The molecule has 0 saturated carbocycles. The van der Waals surface area contributed by atoms with Crippen molar-refractivity contribution in [2.45, 2.75) is 17.9 Å². The molecule has 2 rings (SSSR count). The lowest BCUT2D eigenvalue weighted by molar-refractivity contribution is -0.139. The molecule has 0 aliphatic carbocycles. The van der Waals surface area contributed by atoms with Gasteiger partial charge in [-0.2, -0.15) is 0 Å². The number of aliphatic hydroxyl groups is 1. The van der Waals surface area contributed by atoms with Crippen LogP contribution in [-0.2, 0) is 14.3 Å². The zero-order valence-electron chi connectivity index (χ0n) is 10.1. The fraction of sp³-hybridized carbons (Fsp3) is 0.333. The lowest BCUT2D eigenvalue weighted by Gasteiger charge is -2.08. The average molecular weight is 346 g/mol. The Morgan fingerprint density at radius 3 is 3.00 bits per heavy atom. The van der Waals surface area contributed by atoms with E-state index in [2.05, 4.69) is 21.2 Å². The Morgan fingerprint density at radius 1 is 1.58 bits per heavy atom. The molecule has 0 fully saturated rings. The molecule has 0 spiro atoms. The summed E-state index contributed by atoms with van der Waals surface area (Å²) in [6.45, 7) is 2.11. The molecule has 1 aromatic rings. The molecule has 0 radical (unpaired) electrons. The van der Waals surface area contributed by atoms with Gasteiger partial charge in [0.25, 0.3) is 5.91 Å². The van der Waals surface area contributed by atoms with Gasteiger partial charge in [0.15, 0.2) is 6.10 Å². The van der Waals surface area contributed by atoms with Gasteiger partial charge in [-0.25, -0.2) is 0 Å². The monoisotopic (exact) mass is 345 g/mol. The quantitative estimate of drug-likeness (QED) is 0.645. The molecule has 1 unspecified atom stereocenters. The maximum absolute atomic E-state index is 11.3. The number of hydrogen-bond acceptors (Lipinski definition) is 5. The highest BCUT2D eigenvalue weighted by Crippen LogP contribution is 2.38. The highest BCUT2D eigenvalue weighted by atomic mass is 79.9. The summed E-state index contributed by atoms with van der Waals surface area (Å²) < 4.78 is 5.58. The van der Waals surface area contributed by atoms with Gasteiger partial charge in [-0.05, 0) is 35.0 Å². The van der Waals surface area contributed by atoms with Crippen LogP contribution in [0.15, 0.2) is 21.5 Å². The first-order valence-corrected chi connectivity index (χ1v) is 7.41. The van der Waals surface area contributed by atoms with Gasteiger partial charge in [-0.15, -0.1) is 11.8 Å². The van der Waals surface area contributed by atoms with Crippen molar-refractivity contribution in [1.82, 2.24) is 0 Å². The number of hydrogen-bond donors (Lipinski definition) is 2. The second kappa shape index (κ2) is 5.94. The van der Waals surface area contributed by atoms with E-state index < -0.39 is 12.0 Å². The van der Waals surface area contributed by atoms with Crippen LogP contribution in [0.2, 0.25) is 0 Å². The summed E-state index contributed by atoms with van der Waals surface area (Å²) in [6, 6.07) is 3.42. The molecule has 1 aliphatic rings. The SMILES string of the molecule is CCOC(=O)CSc1cc2c(cc1Br)C(O)C(=O)N2. The fourth-order valence-electron chi connectivity index (χ4n) is 1.70. The van der Waals surface area contributed by atoms with Crippen molar-refractivity contribution < 1.29 is 19.4 Å². The van der Waals surface area contributed by atoms with Gasteiger partial charge >= 0.3 is 5.97 Å². The molecule has 1 aliphatic heterocycles. The van der Waals surface area contributed by atoms with E-state index in [4.69, 9.17) is 4.74 Å². The molecule has 102 valence electrons. The molecular weight excluding hydrogens is 334 g/mol. The summed E-state index contributed by atoms with van der Waals surface area (Å²) in [4.78, 5) is 23.5. The first-order chi connectivity index (χ1) is 9.02. The Bertz CT molecular complexity index is 535. The number of rotatable bonds is 4. The number of benzene rings is 1. The van der Waals surface area contributed by atoms with Gasteiger partial charge in [-0.1, -0.05) is 0 Å². The maximum atomic E-state index is 11.3. The van der Waals surface area contributed by atoms with Crippen LogP contribution in [0.5, 0.6) is 0 Å². The zero-order valence-corrected chi connectivity index (χ0v) is 12.5. The molecule has 1 atom stereocenters. The third kappa shape index (κ3) is 3.10. The van der Waals surface area contributed by atoms with Gasteiger partial charge in [-0.3, -0.25) is 9.59 Å². The number of anilines is 1. The van der Waals surface area contributed by atoms with Crippen molar-refractivity contribution in [2.75, 3.05) is 17.7 Å². The minimum atomic E-state index is -1.13. The normalized spacial score (nSPS) is 17.0. The molecule has 0 bridgehead atoms. The minimum Gasteiger partial charge on any atom is -0.465 e. The molecule has 2 N–H and O–H groups in total. The van der Waals surface area contributed by atoms with Crippen molar-refractivity contribution in [2.24, 2.45) is 0 Å². The lowest BCUT2D eigenvalue weighted by atomic mass is 10.1. The maximum Gasteiger partial charge on any atom is 0.316 e. The number of esters is 1. The summed E-state index contributed by atoms with van der Waals surface area (Å²) >= 11 is 4.67. The summed E-state index contributed by atoms with van der Waals surface area (Å²) in [5, 5.41) is 12.2. The van der Waals surface area contributed by atoms with E-state index in [-0.39, 0.29) is 11.7 Å². The Kier molecular flexibility index (Phi) is 4.49. The van der Waals surface area contributed by atoms with E-state index in [0.717, 1.165) is 9.37 Å². The van der Waals surface area contributed by atoms with Crippen LogP contribution in [0.1, 0.15) is 18.6 Å². The van der Waals surface area contributed by atoms with E-state index in [1.807, 2.05) is 0 Å². The summed E-state index contributed by atoms with van der Waals surface area (Å²) in [5.41, 5.74) is 1.12. The van der Waals surface area contributed by atoms with Crippen molar-refractivity contribution in [3.8, 4) is 0 Å². The van der Waals surface area contributed by atoms with E-state index in [0.29, 0.717) is 17.9 Å². The molecule has 0 saturated heterocycles. The fourth-order valence-corrected chi connectivity index (χ4v) is 3.15. The number of thioether (sulfide) groups is 1. The van der Waals surface area contributed by atoms with Crippen LogP contribution in [0.3, 0.4) is 0 Å². The van der Waals surface area contributed by atoms with Gasteiger partial charge in [0.2, 0.25) is 0 Å². The predicted molar refractivity (Wildman–Crippen MR) is 75.1 cm³/mol. The van der Waals surface area contributed by atoms with Crippen molar-refractivity contribution in [1.29, 1.82) is 0 Å². The third-order valence-corrected chi connectivity index (χ3v) is 4.50. The van der Waals surface area contributed by atoms with Gasteiger partial charge < -0.3 is 15.2 Å². The second-order valence-electron chi connectivity index (χ2n) is 3.86. The van der Waals surface area contributed by atoms with Gasteiger partial charge in [0, 0.05) is 20.6 Å². The standard InChI is InChI=1S/C12H12BrNO4S/c1-2-18-10(15)5-19-9-4-8-6(3-7(9)13)11(16)12(17)14-8/h3-4,11,16H,2,5H2,1H3,(H,14,17). The number of amides is 1. The van der Waals surface area contributed by atoms with Crippen LogP contribution >= 0.6 is 27.7 Å². The largest absolute Gasteiger partial charge is 0.465 e. The van der Waals surface area contributed by atoms with Crippen molar-refractivity contribution >= 4 is 45.3 Å². The van der Waals surface area contributed by atoms with Crippen LogP contribution < -0.4 is 5.32 Å². The zero-order chi connectivity index (χ0) is 14.0. The lowest BCUT2D eigenvalue weighted by Crippen LogP contribution is -2.10. The molecule has 7 heteroatoms. The number of nitrogens with one attached hydrogen (secondary N) is 1. The molecule has 1 aromatic carbocycles. The molecule has 19 heavy (non-hydrogen) atoms. The predicted octanol–water partition coefficient (Wildman–Crippen LogP) is 2.09. The highest BCUT2D eigenvalue weighted by molar-refractivity contribution is 9.10. The van der Waals surface area contributed by atoms with Gasteiger partial charge in [0.05, 0.1) is 12.4 Å². The van der Waals surface area contributed by atoms with Crippen molar-refractivity contribution in [3.05, 3.63) is 22.2 Å². The number of ether oxygens (including phenoxy) is 1. The Morgan fingerprint density at radius 2 is 2.32 bits per heavy atom. The van der Waals surface area contributed by atoms with E-state index in [9.17, 15) is 14.7 Å². The molecular formula is C12H12BrNO4S. The van der Waals surface area contributed by atoms with Crippen LogP contribution in [0.25, 0.3) is 0 Å². The third-order valence-electron chi connectivity index (χ3n) is 2.56. The van der Waals surface area contributed by atoms with Crippen LogP contribution in [0, 0.1) is 0 Å². The van der Waals surface area contributed by atoms with Crippen LogP contribution in [-0.4, -0.2) is 29.3 Å². The van der Waals surface area contributed by atoms with Crippen molar-refractivity contribution in [3.63, 3.8) is 0 Å². The van der Waals surface area contributed by atoms with E-state index in [1.54, 1.807) is 19.1 Å². The number of fused-ring (bicyclic) bond motifs is 1. The molecule has 5 nitrogen and oxygen atoms in total. The Hall–Kier alpha value is -1.05. The molecule has 1 heterocycles. The topological polar surface area (TPSA) is 75.6 Å². The molecule has 0 aromatic heterocycles. The molecule has 1 amide bonds. The Balaban J connectivity index is 2.14. The first-order valence-electron chi connectivity index (χ1n) is 5.63.